The van der Waals surface area contributed by atoms with Gasteiger partial charge in [-0.05, 0) is 18.6 Å². The maximum atomic E-state index is 11.7. The third kappa shape index (κ3) is 4.19. The Labute approximate surface area is 111 Å². The topological polar surface area (TPSA) is 55.1 Å². The van der Waals surface area contributed by atoms with Crippen molar-refractivity contribution >= 4 is 34.8 Å². The van der Waals surface area contributed by atoms with Gasteiger partial charge < -0.3 is 11.1 Å². The number of nitrogens with one attached hydrogen (secondary N) is 1. The van der Waals surface area contributed by atoms with Crippen LogP contribution in [0.3, 0.4) is 0 Å². The molecule has 3 N–H and O–H groups in total. The standard InChI is InChI=1S/C12H16Cl2N2O/c1-2-3-6-9(15)12(17)16-10-7-4-5-8(13)11(10)14/h4-5,7,9H,2-3,6,15H2,1H3,(H,16,17). The zero-order valence-corrected chi connectivity index (χ0v) is 11.2. The molecular formula is C12H16Cl2N2O. The van der Waals surface area contributed by atoms with Crippen molar-refractivity contribution in [3.63, 3.8) is 0 Å². The lowest BCUT2D eigenvalue weighted by Gasteiger charge is -2.13. The van der Waals surface area contributed by atoms with Crippen molar-refractivity contribution in [1.29, 1.82) is 0 Å². The highest BCUT2D eigenvalue weighted by Gasteiger charge is 2.14. The van der Waals surface area contributed by atoms with Crippen molar-refractivity contribution < 1.29 is 4.79 Å². The largest absolute Gasteiger partial charge is 0.323 e. The highest BCUT2D eigenvalue weighted by molar-refractivity contribution is 6.44. The maximum Gasteiger partial charge on any atom is 0.241 e. The van der Waals surface area contributed by atoms with Crippen molar-refractivity contribution in [3.05, 3.63) is 28.2 Å². The predicted molar refractivity (Wildman–Crippen MR) is 72.6 cm³/mol. The van der Waals surface area contributed by atoms with Gasteiger partial charge in [0.1, 0.15) is 0 Å². The minimum atomic E-state index is -0.509. The molecule has 1 atom stereocenters. The first-order chi connectivity index (χ1) is 8.06. The van der Waals surface area contributed by atoms with Crippen molar-refractivity contribution in [1.82, 2.24) is 0 Å². The van der Waals surface area contributed by atoms with Crippen LogP contribution in [0.1, 0.15) is 26.2 Å². The van der Waals surface area contributed by atoms with Crippen LogP contribution in [0.2, 0.25) is 10.0 Å². The van der Waals surface area contributed by atoms with Gasteiger partial charge in [-0.3, -0.25) is 4.79 Å². The molecule has 0 heterocycles. The molecule has 1 aromatic rings. The Kier molecular flexibility index (Phi) is 5.75. The van der Waals surface area contributed by atoms with Gasteiger partial charge in [0.25, 0.3) is 0 Å². The number of carbonyl (C=O) groups excluding carboxylic acids is 1. The number of rotatable bonds is 5. The molecule has 0 aromatic heterocycles. The van der Waals surface area contributed by atoms with E-state index in [1.807, 2.05) is 0 Å². The number of carbonyl (C=O) groups is 1. The van der Waals surface area contributed by atoms with E-state index < -0.39 is 6.04 Å². The van der Waals surface area contributed by atoms with Gasteiger partial charge in [-0.15, -0.1) is 0 Å². The average Bonchev–Trinajstić information content (AvgIpc) is 2.31. The Bertz CT molecular complexity index is 396. The van der Waals surface area contributed by atoms with E-state index in [9.17, 15) is 4.79 Å². The molecule has 0 aliphatic carbocycles. The lowest BCUT2D eigenvalue weighted by atomic mass is 10.1. The molecular weight excluding hydrogens is 259 g/mol. The van der Waals surface area contributed by atoms with Gasteiger partial charge in [-0.1, -0.05) is 49.0 Å². The zero-order valence-electron chi connectivity index (χ0n) is 9.67. The number of unbranched alkanes of at least 4 members (excludes halogenated alkanes) is 1. The molecule has 94 valence electrons. The van der Waals surface area contributed by atoms with Crippen molar-refractivity contribution in [2.45, 2.75) is 32.2 Å². The van der Waals surface area contributed by atoms with E-state index in [-0.39, 0.29) is 5.91 Å². The van der Waals surface area contributed by atoms with Crippen LogP contribution in [0.25, 0.3) is 0 Å². The lowest BCUT2D eigenvalue weighted by Crippen LogP contribution is -2.35. The Morgan fingerprint density at radius 3 is 2.82 bits per heavy atom. The summed E-state index contributed by atoms with van der Waals surface area (Å²) in [4.78, 5) is 11.7. The van der Waals surface area contributed by atoms with Gasteiger partial charge in [-0.25, -0.2) is 0 Å². The number of halogens is 2. The summed E-state index contributed by atoms with van der Waals surface area (Å²) in [5.41, 5.74) is 6.25. The van der Waals surface area contributed by atoms with Crippen LogP contribution in [0.15, 0.2) is 18.2 Å². The quantitative estimate of drug-likeness (QED) is 0.864. The monoisotopic (exact) mass is 274 g/mol. The van der Waals surface area contributed by atoms with E-state index in [1.54, 1.807) is 18.2 Å². The molecule has 17 heavy (non-hydrogen) atoms. The fourth-order valence-corrected chi connectivity index (χ4v) is 1.73. The summed E-state index contributed by atoms with van der Waals surface area (Å²) in [6, 6.07) is 4.57. The molecule has 1 amide bonds. The number of anilines is 1. The third-order valence-electron chi connectivity index (χ3n) is 2.41. The molecule has 0 radical (unpaired) electrons. The second kappa shape index (κ2) is 6.84. The zero-order chi connectivity index (χ0) is 12.8. The molecule has 0 bridgehead atoms. The molecule has 1 unspecified atom stereocenters. The summed E-state index contributed by atoms with van der Waals surface area (Å²) in [5, 5.41) is 3.43. The second-order valence-electron chi connectivity index (χ2n) is 3.84. The van der Waals surface area contributed by atoms with E-state index in [2.05, 4.69) is 12.2 Å². The number of nitrogens with two attached hydrogens (primary N) is 1. The molecule has 0 saturated carbocycles. The highest BCUT2D eigenvalue weighted by atomic mass is 35.5. The number of benzene rings is 1. The van der Waals surface area contributed by atoms with Crippen molar-refractivity contribution in [2.24, 2.45) is 5.73 Å². The highest BCUT2D eigenvalue weighted by Crippen LogP contribution is 2.29. The Morgan fingerprint density at radius 2 is 2.18 bits per heavy atom. The maximum absolute atomic E-state index is 11.7. The molecule has 0 saturated heterocycles. The summed E-state index contributed by atoms with van der Waals surface area (Å²) in [7, 11) is 0. The molecule has 0 aliphatic rings. The lowest BCUT2D eigenvalue weighted by molar-refractivity contribution is -0.117. The van der Waals surface area contributed by atoms with E-state index in [4.69, 9.17) is 28.9 Å². The number of hydrogen-bond donors (Lipinski definition) is 2. The second-order valence-corrected chi connectivity index (χ2v) is 4.62. The van der Waals surface area contributed by atoms with Crippen LogP contribution in [-0.2, 0) is 4.79 Å². The Hall–Kier alpha value is -0.770. The van der Waals surface area contributed by atoms with Crippen molar-refractivity contribution in [3.8, 4) is 0 Å². The van der Waals surface area contributed by atoms with E-state index >= 15 is 0 Å². The first kappa shape index (κ1) is 14.3. The van der Waals surface area contributed by atoms with Crippen LogP contribution in [0, 0.1) is 0 Å². The molecule has 1 rings (SSSR count). The fraction of sp³-hybridized carbons (Fsp3) is 0.417. The summed E-state index contributed by atoms with van der Waals surface area (Å²) in [5.74, 6) is -0.234. The van der Waals surface area contributed by atoms with Gasteiger partial charge in [-0.2, -0.15) is 0 Å². The summed E-state index contributed by atoms with van der Waals surface area (Å²) >= 11 is 11.8. The fourth-order valence-electron chi connectivity index (χ4n) is 1.38. The number of amides is 1. The SMILES string of the molecule is CCCCC(N)C(=O)Nc1cccc(Cl)c1Cl. The van der Waals surface area contributed by atoms with Crippen LogP contribution in [0.5, 0.6) is 0 Å². The molecule has 5 heteroatoms. The van der Waals surface area contributed by atoms with E-state index in [0.29, 0.717) is 22.2 Å². The summed E-state index contributed by atoms with van der Waals surface area (Å²) in [6.45, 7) is 2.05. The minimum Gasteiger partial charge on any atom is -0.323 e. The molecule has 1 aromatic carbocycles. The normalized spacial score (nSPS) is 12.2. The van der Waals surface area contributed by atoms with Crippen LogP contribution < -0.4 is 11.1 Å². The van der Waals surface area contributed by atoms with E-state index in [0.717, 1.165) is 12.8 Å². The van der Waals surface area contributed by atoms with Gasteiger partial charge in [0.15, 0.2) is 0 Å². The molecule has 0 aliphatic heterocycles. The van der Waals surface area contributed by atoms with Crippen molar-refractivity contribution in [2.75, 3.05) is 5.32 Å². The first-order valence-electron chi connectivity index (χ1n) is 5.56. The van der Waals surface area contributed by atoms with Gasteiger partial charge >= 0.3 is 0 Å². The average molecular weight is 275 g/mol. The first-order valence-corrected chi connectivity index (χ1v) is 6.32. The predicted octanol–water partition coefficient (Wildman–Crippen LogP) is 3.45. The third-order valence-corrected chi connectivity index (χ3v) is 3.23. The van der Waals surface area contributed by atoms with Crippen LogP contribution in [-0.4, -0.2) is 11.9 Å². The Balaban J connectivity index is 2.64. The van der Waals surface area contributed by atoms with Gasteiger partial charge in [0.2, 0.25) is 5.91 Å². The summed E-state index contributed by atoms with van der Waals surface area (Å²) < 4.78 is 0. The molecule has 0 spiro atoms. The van der Waals surface area contributed by atoms with E-state index in [1.165, 1.54) is 0 Å². The summed E-state index contributed by atoms with van der Waals surface area (Å²) in [6.07, 6.45) is 2.61. The number of hydrogen-bond acceptors (Lipinski definition) is 2. The van der Waals surface area contributed by atoms with Crippen LogP contribution >= 0.6 is 23.2 Å². The van der Waals surface area contributed by atoms with Gasteiger partial charge in [0.05, 0.1) is 21.8 Å². The smallest absolute Gasteiger partial charge is 0.241 e. The Morgan fingerprint density at radius 1 is 1.47 bits per heavy atom. The molecule has 0 fully saturated rings. The molecule has 3 nitrogen and oxygen atoms in total. The van der Waals surface area contributed by atoms with Crippen LogP contribution in [0.4, 0.5) is 5.69 Å². The minimum absolute atomic E-state index is 0.234. The van der Waals surface area contributed by atoms with Gasteiger partial charge in [0, 0.05) is 0 Å².